The Morgan fingerprint density at radius 3 is 2.75 bits per heavy atom. The number of fused-ring (bicyclic) bond motifs is 5. The van der Waals surface area contributed by atoms with Gasteiger partial charge in [-0.3, -0.25) is 9.59 Å². The molecule has 24 heavy (non-hydrogen) atoms. The first-order valence-corrected chi connectivity index (χ1v) is 9.39. The third-order valence-corrected chi connectivity index (χ3v) is 8.00. The lowest BCUT2D eigenvalue weighted by Crippen LogP contribution is -2.51. The number of hydrogen-bond acceptors (Lipinski definition) is 3. The minimum atomic E-state index is -0.388. The van der Waals surface area contributed by atoms with Crippen LogP contribution in [0.5, 0.6) is 0 Å². The predicted octanol–water partition coefficient (Wildman–Crippen LogP) is 3.47. The van der Waals surface area contributed by atoms with Crippen LogP contribution in [0.3, 0.4) is 0 Å². The molecule has 130 valence electrons. The number of ketones is 2. The molecule has 0 unspecified atom stereocenters. The van der Waals surface area contributed by atoms with Crippen LogP contribution in [0.4, 0.5) is 0 Å². The van der Waals surface area contributed by atoms with E-state index in [4.69, 9.17) is 0 Å². The number of aliphatic hydroxyl groups is 1. The summed E-state index contributed by atoms with van der Waals surface area (Å²) in [7, 11) is 0. The van der Waals surface area contributed by atoms with E-state index in [2.05, 4.69) is 26.0 Å². The molecule has 0 aromatic carbocycles. The number of Topliss-reactive ketones (excluding diaryl/α,β-unsaturated/α-hetero) is 1. The molecule has 0 aliphatic heterocycles. The lowest BCUT2D eigenvalue weighted by Gasteiger charge is -2.56. The van der Waals surface area contributed by atoms with Crippen molar-refractivity contribution in [1.82, 2.24) is 0 Å². The van der Waals surface area contributed by atoms with Crippen molar-refractivity contribution < 1.29 is 14.7 Å². The SMILES string of the molecule is CC(=O)[C@@H]1C[C@@H](O)[C@H]2[C@@H]3C=CC4=CC(=O)CC[C@]4(C)[C@H]3CC[C@@]21C. The van der Waals surface area contributed by atoms with Crippen molar-refractivity contribution in [3.63, 3.8) is 0 Å². The summed E-state index contributed by atoms with van der Waals surface area (Å²) in [6, 6.07) is 0. The van der Waals surface area contributed by atoms with Crippen LogP contribution in [0.1, 0.15) is 52.9 Å². The van der Waals surface area contributed by atoms with Gasteiger partial charge >= 0.3 is 0 Å². The Hall–Kier alpha value is -1.22. The molecule has 0 heterocycles. The summed E-state index contributed by atoms with van der Waals surface area (Å²) < 4.78 is 0. The lowest BCUT2D eigenvalue weighted by atomic mass is 9.48. The van der Waals surface area contributed by atoms with Crippen LogP contribution in [0.2, 0.25) is 0 Å². The fourth-order valence-electron chi connectivity index (χ4n) is 6.69. The molecule has 4 aliphatic rings. The Balaban J connectivity index is 1.76. The molecule has 2 fully saturated rings. The van der Waals surface area contributed by atoms with E-state index in [9.17, 15) is 14.7 Å². The largest absolute Gasteiger partial charge is 0.393 e. The van der Waals surface area contributed by atoms with Crippen molar-refractivity contribution in [2.75, 3.05) is 0 Å². The molecular weight excluding hydrogens is 300 g/mol. The quantitative estimate of drug-likeness (QED) is 0.802. The van der Waals surface area contributed by atoms with Crippen LogP contribution >= 0.6 is 0 Å². The van der Waals surface area contributed by atoms with Crippen LogP contribution in [0.25, 0.3) is 0 Å². The van der Waals surface area contributed by atoms with E-state index in [0.29, 0.717) is 24.7 Å². The molecule has 0 saturated heterocycles. The third-order valence-electron chi connectivity index (χ3n) is 8.00. The zero-order valence-corrected chi connectivity index (χ0v) is 14.9. The number of carbonyl (C=O) groups is 2. The van der Waals surface area contributed by atoms with E-state index < -0.39 is 0 Å². The second-order valence-electron chi connectivity index (χ2n) is 9.06. The van der Waals surface area contributed by atoms with E-state index >= 15 is 0 Å². The fraction of sp³-hybridized carbons (Fsp3) is 0.714. The van der Waals surface area contributed by atoms with Crippen LogP contribution in [0.15, 0.2) is 23.8 Å². The Labute approximate surface area is 144 Å². The predicted molar refractivity (Wildman–Crippen MR) is 92.2 cm³/mol. The molecule has 0 aromatic heterocycles. The molecule has 2 saturated carbocycles. The summed E-state index contributed by atoms with van der Waals surface area (Å²) in [6.45, 7) is 6.21. The van der Waals surface area contributed by atoms with Gasteiger partial charge in [-0.2, -0.15) is 0 Å². The van der Waals surface area contributed by atoms with Gasteiger partial charge in [-0.15, -0.1) is 0 Å². The van der Waals surface area contributed by atoms with E-state index in [0.717, 1.165) is 19.3 Å². The van der Waals surface area contributed by atoms with Crippen molar-refractivity contribution >= 4 is 11.6 Å². The molecule has 1 N–H and O–H groups in total. The molecule has 3 nitrogen and oxygen atoms in total. The highest BCUT2D eigenvalue weighted by atomic mass is 16.3. The highest BCUT2D eigenvalue weighted by Gasteiger charge is 2.61. The second-order valence-corrected chi connectivity index (χ2v) is 9.06. The Morgan fingerprint density at radius 1 is 1.29 bits per heavy atom. The van der Waals surface area contributed by atoms with Gasteiger partial charge in [0, 0.05) is 12.3 Å². The Kier molecular flexibility index (Phi) is 3.48. The molecule has 4 rings (SSSR count). The zero-order valence-electron chi connectivity index (χ0n) is 14.9. The van der Waals surface area contributed by atoms with Crippen LogP contribution < -0.4 is 0 Å². The van der Waals surface area contributed by atoms with Gasteiger partial charge in [0.25, 0.3) is 0 Å². The van der Waals surface area contributed by atoms with E-state index in [1.165, 1.54) is 5.57 Å². The Bertz CT molecular complexity index is 660. The summed E-state index contributed by atoms with van der Waals surface area (Å²) >= 11 is 0. The third kappa shape index (κ3) is 2.00. The van der Waals surface area contributed by atoms with Gasteiger partial charge in [0.2, 0.25) is 0 Å². The van der Waals surface area contributed by atoms with Crippen LogP contribution in [0, 0.1) is 34.5 Å². The van der Waals surface area contributed by atoms with Crippen molar-refractivity contribution in [1.29, 1.82) is 0 Å². The van der Waals surface area contributed by atoms with Crippen molar-refractivity contribution in [2.45, 2.75) is 59.0 Å². The second kappa shape index (κ2) is 5.14. The van der Waals surface area contributed by atoms with Gasteiger partial charge in [0.15, 0.2) is 5.78 Å². The van der Waals surface area contributed by atoms with E-state index in [-0.39, 0.29) is 40.3 Å². The molecule has 0 aromatic rings. The lowest BCUT2D eigenvalue weighted by molar-refractivity contribution is -0.127. The maximum Gasteiger partial charge on any atom is 0.156 e. The summed E-state index contributed by atoms with van der Waals surface area (Å²) in [5.41, 5.74) is 1.14. The number of carbonyl (C=O) groups excluding carboxylic acids is 2. The van der Waals surface area contributed by atoms with Gasteiger partial charge in [0.1, 0.15) is 5.78 Å². The van der Waals surface area contributed by atoms with E-state index in [1.807, 2.05) is 6.08 Å². The molecule has 0 radical (unpaired) electrons. The molecule has 3 heteroatoms. The molecule has 0 bridgehead atoms. The summed E-state index contributed by atoms with van der Waals surface area (Å²) in [5.74, 6) is 1.41. The minimum absolute atomic E-state index is 0.00970. The molecule has 4 aliphatic carbocycles. The fourth-order valence-corrected chi connectivity index (χ4v) is 6.69. The van der Waals surface area contributed by atoms with Gasteiger partial charge in [-0.25, -0.2) is 0 Å². The first-order chi connectivity index (χ1) is 11.3. The normalized spacial score (nSPS) is 49.9. The van der Waals surface area contributed by atoms with Crippen LogP contribution in [-0.2, 0) is 9.59 Å². The highest BCUT2D eigenvalue weighted by molar-refractivity contribution is 5.92. The number of aliphatic hydroxyl groups excluding tert-OH is 1. The van der Waals surface area contributed by atoms with Gasteiger partial charge in [-0.05, 0) is 72.8 Å². The number of rotatable bonds is 1. The van der Waals surface area contributed by atoms with Gasteiger partial charge in [0.05, 0.1) is 6.10 Å². The average molecular weight is 328 g/mol. The van der Waals surface area contributed by atoms with Crippen molar-refractivity contribution in [3.05, 3.63) is 23.8 Å². The summed E-state index contributed by atoms with van der Waals surface area (Å²) in [6.07, 6.45) is 10.1. The standard InChI is InChI=1S/C21H28O3/c1-12(22)17-11-18(24)19-15-5-4-13-10-14(23)6-8-20(13,2)16(15)7-9-21(17,19)3/h4-5,10,15-19,24H,6-9,11H2,1-3H3/t15-,16+,17+,18-,19-,20+,21-/m1/s1. The maximum absolute atomic E-state index is 12.2. The van der Waals surface area contributed by atoms with Crippen LogP contribution in [-0.4, -0.2) is 22.8 Å². The monoisotopic (exact) mass is 328 g/mol. The topological polar surface area (TPSA) is 54.4 Å². The highest BCUT2D eigenvalue weighted by Crippen LogP contribution is 2.65. The maximum atomic E-state index is 12.2. The van der Waals surface area contributed by atoms with E-state index in [1.54, 1.807) is 6.92 Å². The number of allylic oxidation sites excluding steroid dienone is 4. The minimum Gasteiger partial charge on any atom is -0.393 e. The van der Waals surface area contributed by atoms with Gasteiger partial charge in [-0.1, -0.05) is 26.0 Å². The van der Waals surface area contributed by atoms with Crippen molar-refractivity contribution in [2.24, 2.45) is 34.5 Å². The number of hydrogen-bond donors (Lipinski definition) is 1. The summed E-state index contributed by atoms with van der Waals surface area (Å²) in [5, 5.41) is 10.8. The molecule has 7 atom stereocenters. The Morgan fingerprint density at radius 2 is 2.04 bits per heavy atom. The molecule has 0 amide bonds. The molecular formula is C21H28O3. The first kappa shape index (κ1) is 16.3. The first-order valence-electron chi connectivity index (χ1n) is 9.39. The molecule has 0 spiro atoms. The smallest absolute Gasteiger partial charge is 0.156 e. The van der Waals surface area contributed by atoms with Crippen molar-refractivity contribution in [3.8, 4) is 0 Å². The zero-order chi connectivity index (χ0) is 17.3. The average Bonchev–Trinajstić information content (AvgIpc) is 2.80. The summed E-state index contributed by atoms with van der Waals surface area (Å²) in [4.78, 5) is 24.0. The van der Waals surface area contributed by atoms with Gasteiger partial charge < -0.3 is 5.11 Å².